The first-order valence-corrected chi connectivity index (χ1v) is 9.23. The summed E-state index contributed by atoms with van der Waals surface area (Å²) in [4.78, 5) is 13.8. The lowest BCUT2D eigenvalue weighted by Gasteiger charge is -2.34. The largest absolute Gasteiger partial charge is 0.449 e. The molecule has 1 aromatic carbocycles. The molecular formula is C18H24BrF2NO3. The van der Waals surface area contributed by atoms with Crippen LogP contribution < -0.4 is 0 Å². The highest BCUT2D eigenvalue weighted by molar-refractivity contribution is 9.10. The van der Waals surface area contributed by atoms with E-state index in [1.165, 1.54) is 4.90 Å². The molecule has 1 aliphatic rings. The van der Waals surface area contributed by atoms with E-state index in [1.54, 1.807) is 24.3 Å². The summed E-state index contributed by atoms with van der Waals surface area (Å²) >= 11 is 3.33. The molecule has 0 radical (unpaired) electrons. The van der Waals surface area contributed by atoms with E-state index >= 15 is 0 Å². The summed E-state index contributed by atoms with van der Waals surface area (Å²) in [5.41, 5.74) is 0.656. The van der Waals surface area contributed by atoms with Crippen LogP contribution in [0.5, 0.6) is 0 Å². The van der Waals surface area contributed by atoms with E-state index < -0.39 is 30.6 Å². The van der Waals surface area contributed by atoms with Gasteiger partial charge in [0, 0.05) is 23.4 Å². The van der Waals surface area contributed by atoms with Gasteiger partial charge in [-0.05, 0) is 30.0 Å². The number of benzene rings is 1. The second-order valence-corrected chi connectivity index (χ2v) is 7.71. The molecule has 140 valence electrons. The Bertz CT molecular complexity index is 580. The van der Waals surface area contributed by atoms with Gasteiger partial charge in [0.05, 0.1) is 19.3 Å². The molecule has 1 aliphatic heterocycles. The van der Waals surface area contributed by atoms with E-state index in [-0.39, 0.29) is 31.9 Å². The van der Waals surface area contributed by atoms with Crippen molar-refractivity contribution in [1.82, 2.24) is 4.90 Å². The first-order chi connectivity index (χ1) is 11.7. The number of carbonyl (C=O) groups is 1. The average Bonchev–Trinajstić information content (AvgIpc) is 2.58. The predicted molar refractivity (Wildman–Crippen MR) is 94.6 cm³/mol. The molecule has 1 saturated heterocycles. The van der Waals surface area contributed by atoms with Gasteiger partial charge in [-0.2, -0.15) is 0 Å². The minimum atomic E-state index is -2.84. The minimum absolute atomic E-state index is 0.00881. The van der Waals surface area contributed by atoms with Crippen LogP contribution in [0.4, 0.5) is 13.6 Å². The van der Waals surface area contributed by atoms with Crippen LogP contribution in [0.15, 0.2) is 28.7 Å². The Morgan fingerprint density at radius 3 is 2.56 bits per heavy atom. The summed E-state index contributed by atoms with van der Waals surface area (Å²) < 4.78 is 33.6. The Labute approximate surface area is 155 Å². The third kappa shape index (κ3) is 5.64. The number of alkyl halides is 2. The van der Waals surface area contributed by atoms with E-state index in [2.05, 4.69) is 15.9 Å². The number of nitrogens with zero attached hydrogens (tertiary/aromatic N) is 1. The Morgan fingerprint density at radius 2 is 1.96 bits per heavy atom. The number of cyclic esters (lactones) is 1. The molecule has 1 amide bonds. The second-order valence-electron chi connectivity index (χ2n) is 6.79. The fourth-order valence-electron chi connectivity index (χ4n) is 3.03. The fourth-order valence-corrected chi connectivity index (χ4v) is 3.29. The quantitative estimate of drug-likeness (QED) is 0.764. The molecule has 1 aromatic rings. The molecule has 2 rings (SSSR count). The Kier molecular flexibility index (Phi) is 6.79. The normalized spacial score (nSPS) is 22.8. The topological polar surface area (TPSA) is 49.8 Å². The molecule has 1 N–H and O–H groups in total. The lowest BCUT2D eigenvalue weighted by molar-refractivity contribution is -0.0304. The molecule has 25 heavy (non-hydrogen) atoms. The summed E-state index contributed by atoms with van der Waals surface area (Å²) in [5, 5.41) is 10.5. The van der Waals surface area contributed by atoms with Crippen LogP contribution in [0.2, 0.25) is 0 Å². The molecule has 2 atom stereocenters. The third-order valence-corrected chi connectivity index (χ3v) is 5.06. The van der Waals surface area contributed by atoms with Gasteiger partial charge >= 0.3 is 6.09 Å². The van der Waals surface area contributed by atoms with Crippen LogP contribution in [0, 0.1) is 5.92 Å². The molecule has 4 nitrogen and oxygen atoms in total. The molecule has 2 unspecified atom stereocenters. The van der Waals surface area contributed by atoms with Gasteiger partial charge in [-0.3, -0.25) is 0 Å². The SMILES string of the molecule is CC(C)C1CCC(F)(F)CCOC(=O)N1CC(O)c1ccc(Br)cc1. The zero-order valence-corrected chi connectivity index (χ0v) is 16.0. The number of aliphatic hydroxyl groups excluding tert-OH is 1. The Balaban J connectivity index is 2.20. The number of halogens is 3. The van der Waals surface area contributed by atoms with E-state index in [0.29, 0.717) is 5.56 Å². The summed E-state index contributed by atoms with van der Waals surface area (Å²) in [6.07, 6.45) is -2.15. The number of β-amino-alcohol motifs (C(OH)–C–C–N with tert-alkyl or cyclic N) is 1. The van der Waals surface area contributed by atoms with Crippen molar-refractivity contribution in [2.45, 2.75) is 51.2 Å². The van der Waals surface area contributed by atoms with Crippen LogP contribution in [0.3, 0.4) is 0 Å². The average molecular weight is 420 g/mol. The summed E-state index contributed by atoms with van der Waals surface area (Å²) in [6, 6.07) is 6.71. The van der Waals surface area contributed by atoms with Gasteiger partial charge in [-0.15, -0.1) is 0 Å². The van der Waals surface area contributed by atoms with Crippen molar-refractivity contribution in [2.24, 2.45) is 5.92 Å². The lowest BCUT2D eigenvalue weighted by atomic mass is 9.94. The number of ether oxygens (including phenoxy) is 1. The third-order valence-electron chi connectivity index (χ3n) is 4.53. The number of hydrogen-bond acceptors (Lipinski definition) is 3. The second kappa shape index (κ2) is 8.45. The Morgan fingerprint density at radius 1 is 1.32 bits per heavy atom. The number of hydrogen-bond donors (Lipinski definition) is 1. The molecule has 1 heterocycles. The molecule has 7 heteroatoms. The highest BCUT2D eigenvalue weighted by Crippen LogP contribution is 2.31. The molecule has 1 fully saturated rings. The molecule has 0 aliphatic carbocycles. The zero-order valence-electron chi connectivity index (χ0n) is 14.4. The smallest absolute Gasteiger partial charge is 0.410 e. The van der Waals surface area contributed by atoms with E-state index in [1.807, 2.05) is 13.8 Å². The van der Waals surface area contributed by atoms with E-state index in [0.717, 1.165) is 4.47 Å². The minimum Gasteiger partial charge on any atom is -0.449 e. The summed E-state index contributed by atoms with van der Waals surface area (Å²) in [7, 11) is 0. The first kappa shape index (κ1) is 20.1. The van der Waals surface area contributed by atoms with E-state index in [9.17, 15) is 18.7 Å². The van der Waals surface area contributed by atoms with Gasteiger partial charge in [-0.1, -0.05) is 41.9 Å². The maximum atomic E-state index is 13.8. The standard InChI is InChI=1S/C18H24BrF2NO3/c1-12(2)15-7-8-18(20,21)9-10-25-17(24)22(15)11-16(23)13-3-5-14(19)6-4-13/h3-6,12,15-16,23H,7-11H2,1-2H3. The van der Waals surface area contributed by atoms with Crippen molar-refractivity contribution in [2.75, 3.05) is 13.2 Å². The maximum Gasteiger partial charge on any atom is 0.410 e. The monoisotopic (exact) mass is 419 g/mol. The molecule has 0 saturated carbocycles. The number of aliphatic hydroxyl groups is 1. The summed E-state index contributed by atoms with van der Waals surface area (Å²) in [5.74, 6) is -2.87. The highest BCUT2D eigenvalue weighted by atomic mass is 79.9. The van der Waals surface area contributed by atoms with Gasteiger partial charge in [0.25, 0.3) is 5.92 Å². The number of amides is 1. The zero-order chi connectivity index (χ0) is 18.6. The molecule has 0 bridgehead atoms. The predicted octanol–water partition coefficient (Wildman–Crippen LogP) is 4.76. The van der Waals surface area contributed by atoms with Crippen molar-refractivity contribution in [3.05, 3.63) is 34.3 Å². The van der Waals surface area contributed by atoms with Crippen molar-refractivity contribution in [3.8, 4) is 0 Å². The van der Waals surface area contributed by atoms with Crippen LogP contribution in [-0.4, -0.2) is 41.2 Å². The van der Waals surface area contributed by atoms with E-state index in [4.69, 9.17) is 4.74 Å². The van der Waals surface area contributed by atoms with Crippen molar-refractivity contribution in [3.63, 3.8) is 0 Å². The fraction of sp³-hybridized carbons (Fsp3) is 0.611. The van der Waals surface area contributed by atoms with Crippen molar-refractivity contribution >= 4 is 22.0 Å². The van der Waals surface area contributed by atoms with Crippen LogP contribution in [0.25, 0.3) is 0 Å². The van der Waals surface area contributed by atoms with Crippen LogP contribution >= 0.6 is 15.9 Å². The highest BCUT2D eigenvalue weighted by Gasteiger charge is 2.37. The van der Waals surface area contributed by atoms with Gasteiger partial charge in [0.2, 0.25) is 0 Å². The lowest BCUT2D eigenvalue weighted by Crippen LogP contribution is -2.45. The molecule has 0 aromatic heterocycles. The molecular weight excluding hydrogens is 396 g/mol. The van der Waals surface area contributed by atoms with Crippen LogP contribution in [0.1, 0.15) is 44.8 Å². The number of rotatable bonds is 4. The van der Waals surface area contributed by atoms with Crippen LogP contribution in [-0.2, 0) is 4.74 Å². The maximum absolute atomic E-state index is 13.8. The van der Waals surface area contributed by atoms with Gasteiger partial charge in [0.1, 0.15) is 0 Å². The van der Waals surface area contributed by atoms with Gasteiger partial charge < -0.3 is 14.7 Å². The van der Waals surface area contributed by atoms with Crippen molar-refractivity contribution < 1.29 is 23.4 Å². The van der Waals surface area contributed by atoms with Crippen molar-refractivity contribution in [1.29, 1.82) is 0 Å². The first-order valence-electron chi connectivity index (χ1n) is 8.44. The van der Waals surface area contributed by atoms with Gasteiger partial charge in [-0.25, -0.2) is 13.6 Å². The number of carbonyl (C=O) groups excluding carboxylic acids is 1. The summed E-state index contributed by atoms with van der Waals surface area (Å²) in [6.45, 7) is 3.45. The molecule has 0 spiro atoms. The Hall–Kier alpha value is -1.21. The van der Waals surface area contributed by atoms with Gasteiger partial charge in [0.15, 0.2) is 0 Å².